The Hall–Kier alpha value is -1.47. The fourth-order valence-electron chi connectivity index (χ4n) is 1.71. The number of anilines is 1. The number of aromatic nitrogens is 3. The maximum absolute atomic E-state index is 5.30. The van der Waals surface area contributed by atoms with E-state index in [4.69, 9.17) is 9.26 Å². The van der Waals surface area contributed by atoms with Gasteiger partial charge in [-0.25, -0.2) is 0 Å². The third-order valence-corrected chi connectivity index (χ3v) is 3.64. The largest absolute Gasteiger partial charge is 0.378 e. The highest BCUT2D eigenvalue weighted by molar-refractivity contribution is 7.10. The minimum atomic E-state index is -0.132. The normalized spacial score (nSPS) is 12.7. The van der Waals surface area contributed by atoms with Gasteiger partial charge in [0, 0.05) is 14.2 Å². The van der Waals surface area contributed by atoms with Crippen LogP contribution in [0.3, 0.4) is 0 Å². The zero-order valence-electron chi connectivity index (χ0n) is 10.9. The number of methoxy groups -OCH3 is 1. The fourth-order valence-corrected chi connectivity index (χ4v) is 2.45. The van der Waals surface area contributed by atoms with E-state index in [0.717, 1.165) is 22.7 Å². The molecule has 0 radical (unpaired) electrons. The van der Waals surface area contributed by atoms with Crippen LogP contribution in [0.5, 0.6) is 0 Å². The molecular formula is C11H16N4O2S. The molecule has 0 aromatic carbocycles. The molecule has 0 aliphatic rings. The molecule has 2 aromatic rings. The number of hydrogen-bond acceptors (Lipinski definition) is 7. The molecule has 98 valence electrons. The van der Waals surface area contributed by atoms with E-state index < -0.39 is 0 Å². The van der Waals surface area contributed by atoms with Gasteiger partial charge in [-0.05, 0) is 24.9 Å². The Kier molecular flexibility index (Phi) is 3.93. The molecule has 0 aliphatic carbocycles. The topological polar surface area (TPSA) is 73.1 Å². The molecule has 2 aromatic heterocycles. The van der Waals surface area contributed by atoms with E-state index in [9.17, 15) is 0 Å². The lowest BCUT2D eigenvalue weighted by molar-refractivity contribution is 0.0903. The van der Waals surface area contributed by atoms with Crippen LogP contribution in [0.1, 0.15) is 31.0 Å². The fraction of sp³-hybridized carbons (Fsp3) is 0.545. The molecule has 0 aliphatic heterocycles. The van der Waals surface area contributed by atoms with Gasteiger partial charge in [0.1, 0.15) is 11.1 Å². The van der Waals surface area contributed by atoms with Crippen molar-refractivity contribution in [1.29, 1.82) is 0 Å². The average Bonchev–Trinajstić information content (AvgIpc) is 2.97. The van der Waals surface area contributed by atoms with E-state index in [0.29, 0.717) is 11.7 Å². The molecule has 0 fully saturated rings. The summed E-state index contributed by atoms with van der Waals surface area (Å²) in [4.78, 5) is 4.39. The number of rotatable bonds is 5. The zero-order chi connectivity index (χ0) is 13.1. The van der Waals surface area contributed by atoms with Crippen LogP contribution in [0.15, 0.2) is 4.52 Å². The SMILES string of the molecule is CCC(OC)c1noc(-c2c(C)nsc2NC)n1. The summed E-state index contributed by atoms with van der Waals surface area (Å²) in [7, 11) is 3.48. The molecule has 2 heterocycles. The number of ether oxygens (including phenoxy) is 1. The van der Waals surface area contributed by atoms with Gasteiger partial charge in [0.15, 0.2) is 0 Å². The van der Waals surface area contributed by atoms with Gasteiger partial charge in [0.05, 0.1) is 11.3 Å². The quantitative estimate of drug-likeness (QED) is 0.898. The standard InChI is InChI=1S/C11H16N4O2S/c1-5-7(16-4)9-13-10(17-14-9)8-6(2)15-18-11(8)12-3/h7,12H,5H2,1-4H3. The Bertz CT molecular complexity index is 519. The van der Waals surface area contributed by atoms with Crippen LogP contribution in [-0.4, -0.2) is 28.7 Å². The molecule has 6 nitrogen and oxygen atoms in total. The van der Waals surface area contributed by atoms with Gasteiger partial charge < -0.3 is 14.6 Å². The molecule has 0 spiro atoms. The lowest BCUT2D eigenvalue weighted by Crippen LogP contribution is -2.01. The van der Waals surface area contributed by atoms with E-state index >= 15 is 0 Å². The summed E-state index contributed by atoms with van der Waals surface area (Å²) in [5.41, 5.74) is 1.75. The molecule has 1 N–H and O–H groups in total. The summed E-state index contributed by atoms with van der Waals surface area (Å²) in [5.74, 6) is 1.05. The highest BCUT2D eigenvalue weighted by atomic mass is 32.1. The molecule has 1 unspecified atom stereocenters. The van der Waals surface area contributed by atoms with E-state index in [1.54, 1.807) is 7.11 Å². The Labute approximate surface area is 110 Å². The number of nitrogens with zero attached hydrogens (tertiary/aromatic N) is 3. The third-order valence-electron chi connectivity index (χ3n) is 2.69. The van der Waals surface area contributed by atoms with Crippen LogP contribution in [0.25, 0.3) is 11.5 Å². The Morgan fingerprint density at radius 3 is 2.89 bits per heavy atom. The van der Waals surface area contributed by atoms with Gasteiger partial charge in [0.25, 0.3) is 5.89 Å². The summed E-state index contributed by atoms with van der Waals surface area (Å²) in [6.07, 6.45) is 0.669. The lowest BCUT2D eigenvalue weighted by atomic mass is 10.2. The number of hydrogen-bond donors (Lipinski definition) is 1. The maximum atomic E-state index is 5.30. The second kappa shape index (κ2) is 5.45. The van der Waals surface area contributed by atoms with E-state index in [1.807, 2.05) is 20.9 Å². The molecule has 0 saturated heterocycles. The second-order valence-electron chi connectivity index (χ2n) is 3.81. The van der Waals surface area contributed by atoms with Gasteiger partial charge in [-0.1, -0.05) is 12.1 Å². The summed E-state index contributed by atoms with van der Waals surface area (Å²) in [6.45, 7) is 3.94. The van der Waals surface area contributed by atoms with Crippen molar-refractivity contribution < 1.29 is 9.26 Å². The first kappa shape index (κ1) is 13.0. The summed E-state index contributed by atoms with van der Waals surface area (Å²) in [6, 6.07) is 0. The Morgan fingerprint density at radius 2 is 2.28 bits per heavy atom. The molecular weight excluding hydrogens is 252 g/mol. The minimum absolute atomic E-state index is 0.132. The predicted octanol–water partition coefficient (Wildman–Crippen LogP) is 2.64. The second-order valence-corrected chi connectivity index (χ2v) is 4.59. The van der Waals surface area contributed by atoms with Crippen molar-refractivity contribution >= 4 is 16.5 Å². The number of nitrogens with one attached hydrogen (secondary N) is 1. The minimum Gasteiger partial charge on any atom is -0.378 e. The van der Waals surface area contributed by atoms with Crippen LogP contribution < -0.4 is 5.32 Å². The summed E-state index contributed by atoms with van der Waals surface area (Å²) >= 11 is 1.38. The lowest BCUT2D eigenvalue weighted by Gasteiger charge is -2.06. The molecule has 18 heavy (non-hydrogen) atoms. The molecule has 1 atom stereocenters. The Balaban J connectivity index is 2.37. The van der Waals surface area contributed by atoms with Crippen LogP contribution in [0, 0.1) is 6.92 Å². The third kappa shape index (κ3) is 2.23. The van der Waals surface area contributed by atoms with Crippen LogP contribution in [-0.2, 0) is 4.74 Å². The monoisotopic (exact) mass is 268 g/mol. The first-order chi connectivity index (χ1) is 8.71. The van der Waals surface area contributed by atoms with Crippen LogP contribution >= 0.6 is 11.5 Å². The van der Waals surface area contributed by atoms with Crippen molar-refractivity contribution in [2.45, 2.75) is 26.4 Å². The van der Waals surface area contributed by atoms with Crippen molar-refractivity contribution in [2.24, 2.45) is 0 Å². The number of aryl methyl sites for hydroxylation is 1. The molecule has 7 heteroatoms. The van der Waals surface area contributed by atoms with Gasteiger partial charge in [-0.3, -0.25) is 0 Å². The molecule has 2 rings (SSSR count). The molecule has 0 saturated carbocycles. The summed E-state index contributed by atoms with van der Waals surface area (Å²) in [5, 5.41) is 7.97. The average molecular weight is 268 g/mol. The van der Waals surface area contributed by atoms with Gasteiger partial charge >= 0.3 is 0 Å². The molecule has 0 amide bonds. The van der Waals surface area contributed by atoms with E-state index in [-0.39, 0.29) is 6.10 Å². The van der Waals surface area contributed by atoms with E-state index in [1.165, 1.54) is 11.5 Å². The highest BCUT2D eigenvalue weighted by Gasteiger charge is 2.21. The van der Waals surface area contributed by atoms with Crippen LogP contribution in [0.2, 0.25) is 0 Å². The van der Waals surface area contributed by atoms with E-state index in [2.05, 4.69) is 19.8 Å². The van der Waals surface area contributed by atoms with Crippen molar-refractivity contribution in [3.63, 3.8) is 0 Å². The first-order valence-corrected chi connectivity index (χ1v) is 6.49. The van der Waals surface area contributed by atoms with Crippen molar-refractivity contribution in [3.8, 4) is 11.5 Å². The van der Waals surface area contributed by atoms with Crippen molar-refractivity contribution in [1.82, 2.24) is 14.5 Å². The Morgan fingerprint density at radius 1 is 1.50 bits per heavy atom. The van der Waals surface area contributed by atoms with Gasteiger partial charge in [0.2, 0.25) is 5.82 Å². The molecule has 0 bridgehead atoms. The predicted molar refractivity (Wildman–Crippen MR) is 69.7 cm³/mol. The first-order valence-electron chi connectivity index (χ1n) is 5.72. The smallest absolute Gasteiger partial charge is 0.262 e. The van der Waals surface area contributed by atoms with Crippen molar-refractivity contribution in [3.05, 3.63) is 11.5 Å². The summed E-state index contributed by atoms with van der Waals surface area (Å²) < 4.78 is 14.9. The van der Waals surface area contributed by atoms with Gasteiger partial charge in [-0.15, -0.1) is 0 Å². The van der Waals surface area contributed by atoms with Crippen molar-refractivity contribution in [2.75, 3.05) is 19.5 Å². The zero-order valence-corrected chi connectivity index (χ0v) is 11.7. The maximum Gasteiger partial charge on any atom is 0.262 e. The van der Waals surface area contributed by atoms with Gasteiger partial charge in [-0.2, -0.15) is 9.36 Å². The highest BCUT2D eigenvalue weighted by Crippen LogP contribution is 2.34. The van der Waals surface area contributed by atoms with Crippen LogP contribution in [0.4, 0.5) is 5.00 Å².